The van der Waals surface area contributed by atoms with Crippen molar-refractivity contribution in [2.45, 2.75) is 10.1 Å². The summed E-state index contributed by atoms with van der Waals surface area (Å²) < 4.78 is 5.14. The third-order valence-corrected chi connectivity index (χ3v) is 3.26. The van der Waals surface area contributed by atoms with E-state index in [1.165, 1.54) is 25.2 Å². The van der Waals surface area contributed by atoms with Crippen molar-refractivity contribution >= 4 is 35.0 Å². The standard InChI is InChI=1S/C10H7Cl2N3OS/c1-16-8-9(12)14-5-15-10(8)17-7-3-2-6(11)4-13-7/h2-5H,1H3. The van der Waals surface area contributed by atoms with Crippen LogP contribution in [0.25, 0.3) is 0 Å². The Bertz CT molecular complexity index is 521. The average molecular weight is 288 g/mol. The fraction of sp³-hybridized carbons (Fsp3) is 0.100. The van der Waals surface area contributed by atoms with Crippen molar-refractivity contribution in [2.24, 2.45) is 0 Å². The lowest BCUT2D eigenvalue weighted by Gasteiger charge is -2.06. The lowest BCUT2D eigenvalue weighted by molar-refractivity contribution is 0.398. The molecule has 0 saturated carbocycles. The summed E-state index contributed by atoms with van der Waals surface area (Å²) in [6.07, 6.45) is 2.95. The maximum Gasteiger partial charge on any atom is 0.188 e. The first-order chi connectivity index (χ1) is 8.20. The molecule has 0 unspecified atom stereocenters. The normalized spacial score (nSPS) is 10.3. The van der Waals surface area contributed by atoms with Gasteiger partial charge in [0.1, 0.15) is 16.4 Å². The Kier molecular flexibility index (Phi) is 4.04. The van der Waals surface area contributed by atoms with E-state index in [1.807, 2.05) is 0 Å². The molecular weight excluding hydrogens is 281 g/mol. The van der Waals surface area contributed by atoms with Crippen LogP contribution in [0.2, 0.25) is 10.2 Å². The maximum atomic E-state index is 5.89. The molecule has 4 nitrogen and oxygen atoms in total. The SMILES string of the molecule is COc1c(Cl)ncnc1Sc1ccc(Cl)cn1. The minimum atomic E-state index is 0.277. The van der Waals surface area contributed by atoms with Crippen LogP contribution in [0.15, 0.2) is 34.7 Å². The van der Waals surface area contributed by atoms with Gasteiger partial charge in [-0.15, -0.1) is 0 Å². The van der Waals surface area contributed by atoms with Crippen molar-refractivity contribution in [3.05, 3.63) is 34.8 Å². The second-order valence-electron chi connectivity index (χ2n) is 2.92. The number of aromatic nitrogens is 3. The number of ether oxygens (including phenoxy) is 1. The molecule has 0 saturated heterocycles. The van der Waals surface area contributed by atoms with Gasteiger partial charge in [0, 0.05) is 6.20 Å². The van der Waals surface area contributed by atoms with Crippen molar-refractivity contribution in [3.8, 4) is 5.75 Å². The lowest BCUT2D eigenvalue weighted by atomic mass is 10.5. The Morgan fingerprint density at radius 3 is 2.65 bits per heavy atom. The van der Waals surface area contributed by atoms with Crippen molar-refractivity contribution in [2.75, 3.05) is 7.11 Å². The lowest BCUT2D eigenvalue weighted by Crippen LogP contribution is -1.93. The molecule has 0 aromatic carbocycles. The van der Waals surface area contributed by atoms with E-state index in [1.54, 1.807) is 18.3 Å². The molecule has 0 fully saturated rings. The van der Waals surface area contributed by atoms with Crippen molar-refractivity contribution < 1.29 is 4.74 Å². The Morgan fingerprint density at radius 1 is 1.18 bits per heavy atom. The topological polar surface area (TPSA) is 47.9 Å². The molecule has 2 aromatic rings. The Hall–Kier alpha value is -1.04. The van der Waals surface area contributed by atoms with Gasteiger partial charge in [0.05, 0.1) is 12.1 Å². The van der Waals surface area contributed by atoms with Crippen LogP contribution in [0.1, 0.15) is 0 Å². The van der Waals surface area contributed by atoms with Crippen molar-refractivity contribution in [3.63, 3.8) is 0 Å². The monoisotopic (exact) mass is 287 g/mol. The molecule has 0 bridgehead atoms. The fourth-order valence-corrected chi connectivity index (χ4v) is 2.29. The Balaban J connectivity index is 2.29. The Morgan fingerprint density at radius 2 is 2.00 bits per heavy atom. The molecule has 2 heterocycles. The third kappa shape index (κ3) is 3.00. The zero-order valence-electron chi connectivity index (χ0n) is 8.72. The highest BCUT2D eigenvalue weighted by Gasteiger charge is 2.12. The van der Waals surface area contributed by atoms with Crippen molar-refractivity contribution in [1.82, 2.24) is 15.0 Å². The summed E-state index contributed by atoms with van der Waals surface area (Å²) in [5.41, 5.74) is 0. The van der Waals surface area contributed by atoms with Crippen LogP contribution in [-0.4, -0.2) is 22.1 Å². The molecule has 88 valence electrons. The first kappa shape index (κ1) is 12.4. The van der Waals surface area contributed by atoms with Crippen LogP contribution in [0.3, 0.4) is 0 Å². The van der Waals surface area contributed by atoms with E-state index < -0.39 is 0 Å². The van der Waals surface area contributed by atoms with Gasteiger partial charge in [0.2, 0.25) is 0 Å². The summed E-state index contributed by atoms with van der Waals surface area (Å²) in [6.45, 7) is 0. The molecule has 7 heteroatoms. The van der Waals surface area contributed by atoms with Crippen LogP contribution in [0, 0.1) is 0 Å². The molecule has 0 radical (unpaired) electrons. The van der Waals surface area contributed by atoms with E-state index >= 15 is 0 Å². The summed E-state index contributed by atoms with van der Waals surface area (Å²) in [5.74, 6) is 0.441. The smallest absolute Gasteiger partial charge is 0.188 e. The van der Waals surface area contributed by atoms with Gasteiger partial charge in [-0.25, -0.2) is 15.0 Å². The van der Waals surface area contributed by atoms with Crippen LogP contribution in [0.5, 0.6) is 5.75 Å². The van der Waals surface area contributed by atoms with Gasteiger partial charge in [-0.05, 0) is 23.9 Å². The van der Waals surface area contributed by atoms with Gasteiger partial charge >= 0.3 is 0 Å². The second kappa shape index (κ2) is 5.53. The van der Waals surface area contributed by atoms with E-state index in [2.05, 4.69) is 15.0 Å². The fourth-order valence-electron chi connectivity index (χ4n) is 1.10. The zero-order chi connectivity index (χ0) is 12.3. The van der Waals surface area contributed by atoms with Gasteiger partial charge < -0.3 is 4.74 Å². The van der Waals surface area contributed by atoms with Crippen LogP contribution >= 0.6 is 35.0 Å². The highest BCUT2D eigenvalue weighted by atomic mass is 35.5. The number of pyridine rings is 1. The van der Waals surface area contributed by atoms with E-state index in [0.717, 1.165) is 5.03 Å². The average Bonchev–Trinajstić information content (AvgIpc) is 2.32. The predicted octanol–water partition coefficient (Wildman–Crippen LogP) is 3.34. The van der Waals surface area contributed by atoms with Crippen LogP contribution < -0.4 is 4.74 Å². The van der Waals surface area contributed by atoms with E-state index in [9.17, 15) is 0 Å². The molecule has 0 aliphatic rings. The Labute approximate surface area is 112 Å². The molecule has 2 rings (SSSR count). The van der Waals surface area contributed by atoms with Crippen LogP contribution in [-0.2, 0) is 0 Å². The minimum Gasteiger partial charge on any atom is -0.491 e. The van der Waals surface area contributed by atoms with Crippen molar-refractivity contribution in [1.29, 1.82) is 0 Å². The second-order valence-corrected chi connectivity index (χ2v) is 4.72. The highest BCUT2D eigenvalue weighted by molar-refractivity contribution is 7.99. The number of hydrogen-bond acceptors (Lipinski definition) is 5. The van der Waals surface area contributed by atoms with Gasteiger partial charge in [0.25, 0.3) is 0 Å². The predicted molar refractivity (Wildman–Crippen MR) is 67.0 cm³/mol. The number of hydrogen-bond donors (Lipinski definition) is 0. The number of nitrogens with zero attached hydrogens (tertiary/aromatic N) is 3. The summed E-state index contributed by atoms with van der Waals surface area (Å²) in [5, 5.41) is 2.23. The zero-order valence-corrected chi connectivity index (χ0v) is 11.1. The summed E-state index contributed by atoms with van der Waals surface area (Å²) in [6, 6.07) is 3.55. The van der Waals surface area contributed by atoms with E-state index in [-0.39, 0.29) is 5.15 Å². The highest BCUT2D eigenvalue weighted by Crippen LogP contribution is 2.35. The molecule has 0 aliphatic carbocycles. The molecule has 0 N–H and O–H groups in total. The number of methoxy groups -OCH3 is 1. The van der Waals surface area contributed by atoms with Gasteiger partial charge in [-0.2, -0.15) is 0 Å². The molecule has 0 spiro atoms. The molecule has 0 aliphatic heterocycles. The number of halogens is 2. The summed E-state index contributed by atoms with van der Waals surface area (Å²) >= 11 is 13.0. The van der Waals surface area contributed by atoms with E-state index in [0.29, 0.717) is 15.8 Å². The first-order valence-electron chi connectivity index (χ1n) is 4.54. The summed E-state index contributed by atoms with van der Waals surface area (Å²) in [7, 11) is 1.52. The molecule has 17 heavy (non-hydrogen) atoms. The molecule has 0 amide bonds. The quantitative estimate of drug-likeness (QED) is 0.811. The molecule has 2 aromatic heterocycles. The van der Waals surface area contributed by atoms with E-state index in [4.69, 9.17) is 27.9 Å². The first-order valence-corrected chi connectivity index (χ1v) is 6.12. The third-order valence-electron chi connectivity index (χ3n) is 1.83. The van der Waals surface area contributed by atoms with Gasteiger partial charge in [-0.1, -0.05) is 23.2 Å². The molecular formula is C10H7Cl2N3OS. The summed E-state index contributed by atoms with van der Waals surface area (Å²) in [4.78, 5) is 12.1. The molecule has 0 atom stereocenters. The maximum absolute atomic E-state index is 5.89. The van der Waals surface area contributed by atoms with Gasteiger partial charge in [-0.3, -0.25) is 0 Å². The van der Waals surface area contributed by atoms with Gasteiger partial charge in [0.15, 0.2) is 10.9 Å². The largest absolute Gasteiger partial charge is 0.491 e. The van der Waals surface area contributed by atoms with Crippen LogP contribution in [0.4, 0.5) is 0 Å². The number of rotatable bonds is 3. The minimum absolute atomic E-state index is 0.277.